The Hall–Kier alpha value is -1.57. The van der Waals surface area contributed by atoms with Crippen molar-refractivity contribution >= 4 is 10.8 Å². The summed E-state index contributed by atoms with van der Waals surface area (Å²) in [5.41, 5.74) is 0.640. The van der Waals surface area contributed by atoms with Crippen molar-refractivity contribution in [1.29, 1.82) is 0 Å². The summed E-state index contributed by atoms with van der Waals surface area (Å²) < 4.78 is 5.05. The van der Waals surface area contributed by atoms with Crippen LogP contribution >= 0.6 is 0 Å². The average Bonchev–Trinajstić information content (AvgIpc) is 2.32. The molecule has 1 aromatic heterocycles. The van der Waals surface area contributed by atoms with Crippen LogP contribution in [0.1, 0.15) is 31.7 Å². The highest BCUT2D eigenvalue weighted by molar-refractivity contribution is 5.84. The first kappa shape index (κ1) is 10.9. The second-order valence-electron chi connectivity index (χ2n) is 4.05. The topological polar surface area (TPSA) is 30.2 Å². The fraction of sp³-hybridized carbons (Fsp3) is 0.357. The van der Waals surface area contributed by atoms with Gasteiger partial charge in [0, 0.05) is 10.9 Å². The van der Waals surface area contributed by atoms with E-state index in [-0.39, 0.29) is 5.63 Å². The lowest BCUT2D eigenvalue weighted by Gasteiger charge is -2.03. The second-order valence-corrected chi connectivity index (χ2v) is 4.05. The van der Waals surface area contributed by atoms with Gasteiger partial charge in [-0.3, -0.25) is 0 Å². The van der Waals surface area contributed by atoms with Crippen molar-refractivity contribution in [2.45, 2.75) is 32.6 Å². The van der Waals surface area contributed by atoms with E-state index in [2.05, 4.69) is 6.92 Å². The average molecular weight is 216 g/mol. The second kappa shape index (κ2) is 4.97. The number of aryl methyl sites for hydroxylation is 1. The largest absolute Gasteiger partial charge is 0.430 e. The fourth-order valence-electron chi connectivity index (χ4n) is 1.96. The fourth-order valence-corrected chi connectivity index (χ4v) is 1.96. The molecule has 16 heavy (non-hydrogen) atoms. The van der Waals surface area contributed by atoms with Crippen molar-refractivity contribution < 1.29 is 4.42 Å². The molecule has 0 N–H and O–H groups in total. The molecule has 0 saturated heterocycles. The Morgan fingerprint density at radius 1 is 1.19 bits per heavy atom. The van der Waals surface area contributed by atoms with Crippen LogP contribution in [0.3, 0.4) is 0 Å². The molecule has 0 aliphatic rings. The van der Waals surface area contributed by atoms with E-state index in [1.165, 1.54) is 0 Å². The lowest BCUT2D eigenvalue weighted by molar-refractivity contribution is 0.506. The minimum atomic E-state index is -0.185. The summed E-state index contributed by atoms with van der Waals surface area (Å²) in [6.45, 7) is 2.16. The molecule has 0 fully saturated rings. The van der Waals surface area contributed by atoms with Crippen molar-refractivity contribution in [2.24, 2.45) is 0 Å². The van der Waals surface area contributed by atoms with Gasteiger partial charge in [0.05, 0.1) is 0 Å². The van der Waals surface area contributed by atoms with E-state index in [0.29, 0.717) is 0 Å². The summed E-state index contributed by atoms with van der Waals surface area (Å²) in [6.07, 6.45) is 5.73. The molecule has 0 aliphatic heterocycles. The Morgan fingerprint density at radius 3 is 2.81 bits per heavy atom. The Labute approximate surface area is 94.9 Å². The molecule has 0 bridgehead atoms. The lowest BCUT2D eigenvalue weighted by atomic mass is 10.0. The summed E-state index contributed by atoms with van der Waals surface area (Å²) in [5.74, 6) is 0. The summed E-state index contributed by atoms with van der Waals surface area (Å²) in [7, 11) is 0. The third-order valence-electron chi connectivity index (χ3n) is 2.86. The first-order valence-electron chi connectivity index (χ1n) is 5.82. The standard InChI is InChI=1S/C14H16O2/c1-2-3-4-9-13-12-8-6-5-7-11(12)10-16-14(13)15/h5-8,10H,2-4,9H2,1H3. The van der Waals surface area contributed by atoms with E-state index in [4.69, 9.17) is 4.42 Å². The van der Waals surface area contributed by atoms with Crippen LogP contribution in [-0.4, -0.2) is 0 Å². The van der Waals surface area contributed by atoms with Gasteiger partial charge >= 0.3 is 5.63 Å². The van der Waals surface area contributed by atoms with Gasteiger partial charge in [-0.2, -0.15) is 0 Å². The first-order valence-corrected chi connectivity index (χ1v) is 5.82. The van der Waals surface area contributed by atoms with Crippen molar-refractivity contribution in [3.8, 4) is 0 Å². The third kappa shape index (κ3) is 2.16. The Bertz CT molecular complexity index is 525. The third-order valence-corrected chi connectivity index (χ3v) is 2.86. The number of unbranched alkanes of at least 4 members (excludes halogenated alkanes) is 2. The van der Waals surface area contributed by atoms with Gasteiger partial charge in [0.25, 0.3) is 0 Å². The molecule has 0 aliphatic carbocycles. The number of rotatable bonds is 4. The van der Waals surface area contributed by atoms with Crippen LogP contribution in [0.15, 0.2) is 39.7 Å². The SMILES string of the molecule is CCCCCc1c(=O)occ2ccccc12. The first-order chi connectivity index (χ1) is 7.83. The number of fused-ring (bicyclic) bond motifs is 1. The maximum absolute atomic E-state index is 11.7. The molecule has 84 valence electrons. The van der Waals surface area contributed by atoms with Crippen molar-refractivity contribution in [3.63, 3.8) is 0 Å². The van der Waals surface area contributed by atoms with Gasteiger partial charge in [0.15, 0.2) is 0 Å². The molecule has 2 rings (SSSR count). The molecule has 2 nitrogen and oxygen atoms in total. The Kier molecular flexibility index (Phi) is 3.40. The molecular weight excluding hydrogens is 200 g/mol. The van der Waals surface area contributed by atoms with Crippen LogP contribution in [0.2, 0.25) is 0 Å². The van der Waals surface area contributed by atoms with Crippen molar-refractivity contribution in [2.75, 3.05) is 0 Å². The van der Waals surface area contributed by atoms with Crippen LogP contribution in [0.4, 0.5) is 0 Å². The summed E-state index contributed by atoms with van der Waals surface area (Å²) in [5, 5.41) is 2.04. The highest BCUT2D eigenvalue weighted by Gasteiger charge is 2.06. The van der Waals surface area contributed by atoms with E-state index in [9.17, 15) is 4.79 Å². The Morgan fingerprint density at radius 2 is 2.00 bits per heavy atom. The number of hydrogen-bond acceptors (Lipinski definition) is 2. The van der Waals surface area contributed by atoms with Gasteiger partial charge < -0.3 is 4.42 Å². The smallest absolute Gasteiger partial charge is 0.339 e. The van der Waals surface area contributed by atoms with E-state index in [1.807, 2.05) is 24.3 Å². The highest BCUT2D eigenvalue weighted by atomic mass is 16.4. The van der Waals surface area contributed by atoms with Gasteiger partial charge in [0.1, 0.15) is 6.26 Å². The van der Waals surface area contributed by atoms with Crippen LogP contribution in [-0.2, 0) is 6.42 Å². The molecule has 0 spiro atoms. The van der Waals surface area contributed by atoms with Crippen molar-refractivity contribution in [1.82, 2.24) is 0 Å². The molecule has 0 unspecified atom stereocenters. The molecule has 0 saturated carbocycles. The summed E-state index contributed by atoms with van der Waals surface area (Å²) in [4.78, 5) is 11.7. The number of hydrogen-bond donors (Lipinski definition) is 0. The quantitative estimate of drug-likeness (QED) is 0.732. The molecule has 0 atom stereocenters. The van der Waals surface area contributed by atoms with Crippen LogP contribution < -0.4 is 5.63 Å². The van der Waals surface area contributed by atoms with Crippen LogP contribution in [0.25, 0.3) is 10.8 Å². The minimum absolute atomic E-state index is 0.185. The molecule has 1 aromatic carbocycles. The predicted molar refractivity (Wildman–Crippen MR) is 65.7 cm³/mol. The molecular formula is C14H16O2. The normalized spacial score (nSPS) is 10.8. The van der Waals surface area contributed by atoms with Gasteiger partial charge in [-0.1, -0.05) is 44.0 Å². The van der Waals surface area contributed by atoms with Gasteiger partial charge in [-0.25, -0.2) is 4.79 Å². The van der Waals surface area contributed by atoms with Gasteiger partial charge in [-0.15, -0.1) is 0 Å². The van der Waals surface area contributed by atoms with E-state index >= 15 is 0 Å². The molecule has 0 radical (unpaired) electrons. The van der Waals surface area contributed by atoms with E-state index in [1.54, 1.807) is 6.26 Å². The van der Waals surface area contributed by atoms with E-state index in [0.717, 1.165) is 42.0 Å². The molecule has 2 aromatic rings. The van der Waals surface area contributed by atoms with Crippen LogP contribution in [0, 0.1) is 0 Å². The molecule has 1 heterocycles. The molecule has 2 heteroatoms. The lowest BCUT2D eigenvalue weighted by Crippen LogP contribution is -2.07. The predicted octanol–water partition coefficient (Wildman–Crippen LogP) is 3.53. The monoisotopic (exact) mass is 216 g/mol. The maximum atomic E-state index is 11.7. The highest BCUT2D eigenvalue weighted by Crippen LogP contribution is 2.17. The summed E-state index contributed by atoms with van der Waals surface area (Å²) >= 11 is 0. The zero-order valence-electron chi connectivity index (χ0n) is 9.53. The van der Waals surface area contributed by atoms with Crippen LogP contribution in [0.5, 0.6) is 0 Å². The van der Waals surface area contributed by atoms with Gasteiger partial charge in [-0.05, 0) is 18.2 Å². The van der Waals surface area contributed by atoms with Gasteiger partial charge in [0.2, 0.25) is 0 Å². The number of benzene rings is 1. The maximum Gasteiger partial charge on any atom is 0.339 e. The summed E-state index contributed by atoms with van der Waals surface area (Å²) in [6, 6.07) is 7.89. The zero-order valence-corrected chi connectivity index (χ0v) is 9.53. The molecule has 0 amide bonds. The van der Waals surface area contributed by atoms with Crippen molar-refractivity contribution in [3.05, 3.63) is 46.5 Å². The Balaban J connectivity index is 2.41. The zero-order chi connectivity index (χ0) is 11.4. The minimum Gasteiger partial charge on any atom is -0.430 e. The van der Waals surface area contributed by atoms with E-state index < -0.39 is 0 Å².